The first-order valence-corrected chi connectivity index (χ1v) is 13.0. The highest BCUT2D eigenvalue weighted by molar-refractivity contribution is 6.00. The van der Waals surface area contributed by atoms with Crippen LogP contribution in [0, 0.1) is 0 Å². The topological polar surface area (TPSA) is 85.9 Å². The normalized spacial score (nSPS) is 14.3. The zero-order valence-corrected chi connectivity index (χ0v) is 22.7. The highest BCUT2D eigenvalue weighted by Gasteiger charge is 2.42. The van der Waals surface area contributed by atoms with Gasteiger partial charge in [-0.25, -0.2) is 0 Å². The Labute approximate surface area is 228 Å². The summed E-state index contributed by atoms with van der Waals surface area (Å²) in [4.78, 5) is 15.7. The quantitative estimate of drug-likeness (QED) is 0.270. The summed E-state index contributed by atoms with van der Waals surface area (Å²) in [5.41, 5.74) is 5.04. The molecule has 0 radical (unpaired) electrons. The van der Waals surface area contributed by atoms with Crippen LogP contribution in [0.25, 0.3) is 11.3 Å². The fourth-order valence-electron chi connectivity index (χ4n) is 4.97. The van der Waals surface area contributed by atoms with Gasteiger partial charge in [-0.15, -0.1) is 0 Å². The van der Waals surface area contributed by atoms with Crippen LogP contribution in [-0.2, 0) is 6.42 Å². The number of aromatic amines is 1. The van der Waals surface area contributed by atoms with E-state index in [-0.39, 0.29) is 11.9 Å². The summed E-state index contributed by atoms with van der Waals surface area (Å²) in [6.45, 7) is 3.18. The van der Waals surface area contributed by atoms with E-state index < -0.39 is 0 Å². The van der Waals surface area contributed by atoms with Gasteiger partial charge < -0.3 is 23.8 Å². The third-order valence-corrected chi connectivity index (χ3v) is 6.99. The Morgan fingerprint density at radius 1 is 0.872 bits per heavy atom. The molecule has 0 bridgehead atoms. The molecule has 1 amide bonds. The van der Waals surface area contributed by atoms with Crippen molar-refractivity contribution in [1.29, 1.82) is 0 Å². The standard InChI is InChI=1S/C31H33N3O5/c1-5-18-39-25-15-10-22(19-26(25)38-4)30-27-28(21-8-13-24(37-3)14-9-21)32-33-29(27)31(35)34(30)17-16-20-6-11-23(36-2)12-7-20/h6-15,19,30H,5,16-18H2,1-4H3,(H,32,33). The molecule has 3 aromatic carbocycles. The second-order valence-electron chi connectivity index (χ2n) is 9.35. The molecule has 1 atom stereocenters. The first-order chi connectivity index (χ1) is 19.1. The number of amides is 1. The minimum atomic E-state index is -0.351. The molecule has 2 heterocycles. The van der Waals surface area contributed by atoms with Gasteiger partial charge in [0.2, 0.25) is 0 Å². The molecule has 0 fully saturated rings. The van der Waals surface area contributed by atoms with Crippen LogP contribution in [0.15, 0.2) is 66.7 Å². The number of hydrogen-bond acceptors (Lipinski definition) is 6. The van der Waals surface area contributed by atoms with Crippen LogP contribution < -0.4 is 18.9 Å². The zero-order chi connectivity index (χ0) is 27.4. The lowest BCUT2D eigenvalue weighted by Gasteiger charge is -2.27. The molecule has 8 heteroatoms. The van der Waals surface area contributed by atoms with Crippen molar-refractivity contribution in [2.45, 2.75) is 25.8 Å². The lowest BCUT2D eigenvalue weighted by Crippen LogP contribution is -2.31. The Bertz CT molecular complexity index is 1430. The van der Waals surface area contributed by atoms with Crippen molar-refractivity contribution in [3.05, 3.63) is 89.1 Å². The second kappa shape index (κ2) is 11.5. The molecule has 1 aromatic heterocycles. The van der Waals surface area contributed by atoms with Crippen molar-refractivity contribution < 1.29 is 23.7 Å². The molecule has 1 N–H and O–H groups in total. The number of carbonyl (C=O) groups is 1. The van der Waals surface area contributed by atoms with Crippen LogP contribution in [0.1, 0.15) is 46.6 Å². The molecule has 5 rings (SSSR count). The number of ether oxygens (including phenoxy) is 4. The maximum absolute atomic E-state index is 13.8. The Balaban J connectivity index is 1.55. The van der Waals surface area contributed by atoms with Gasteiger partial charge in [0, 0.05) is 17.7 Å². The third-order valence-electron chi connectivity index (χ3n) is 6.99. The highest BCUT2D eigenvalue weighted by atomic mass is 16.5. The first kappa shape index (κ1) is 26.2. The minimum absolute atomic E-state index is 0.0824. The number of benzene rings is 3. The Morgan fingerprint density at radius 2 is 1.56 bits per heavy atom. The fourth-order valence-corrected chi connectivity index (χ4v) is 4.97. The zero-order valence-electron chi connectivity index (χ0n) is 22.7. The van der Waals surface area contributed by atoms with E-state index in [1.54, 1.807) is 21.3 Å². The molecule has 39 heavy (non-hydrogen) atoms. The molecule has 1 aliphatic heterocycles. The predicted molar refractivity (Wildman–Crippen MR) is 149 cm³/mol. The lowest BCUT2D eigenvalue weighted by molar-refractivity contribution is 0.0745. The van der Waals surface area contributed by atoms with E-state index in [0.717, 1.165) is 45.9 Å². The van der Waals surface area contributed by atoms with Crippen LogP contribution in [0.3, 0.4) is 0 Å². The highest BCUT2D eigenvalue weighted by Crippen LogP contribution is 2.44. The summed E-state index contributed by atoms with van der Waals surface area (Å²) in [7, 11) is 4.92. The van der Waals surface area contributed by atoms with Gasteiger partial charge in [-0.2, -0.15) is 5.10 Å². The maximum Gasteiger partial charge on any atom is 0.273 e. The summed E-state index contributed by atoms with van der Waals surface area (Å²) >= 11 is 0. The molecule has 1 unspecified atom stereocenters. The van der Waals surface area contributed by atoms with Crippen molar-refractivity contribution in [2.24, 2.45) is 0 Å². The maximum atomic E-state index is 13.8. The number of nitrogens with one attached hydrogen (secondary N) is 1. The van der Waals surface area contributed by atoms with Crippen molar-refractivity contribution in [3.8, 4) is 34.3 Å². The van der Waals surface area contributed by atoms with Gasteiger partial charge in [-0.05, 0) is 72.5 Å². The van der Waals surface area contributed by atoms with E-state index in [1.165, 1.54) is 0 Å². The molecular formula is C31H33N3O5. The average molecular weight is 528 g/mol. The van der Waals surface area contributed by atoms with E-state index in [9.17, 15) is 4.79 Å². The number of aromatic nitrogens is 2. The Morgan fingerprint density at radius 3 is 2.21 bits per heavy atom. The summed E-state index contributed by atoms with van der Waals surface area (Å²) in [5.74, 6) is 2.79. The number of carbonyl (C=O) groups excluding carboxylic acids is 1. The average Bonchev–Trinajstić information content (AvgIpc) is 3.53. The van der Waals surface area contributed by atoms with E-state index in [2.05, 4.69) is 17.1 Å². The van der Waals surface area contributed by atoms with Gasteiger partial charge in [-0.3, -0.25) is 9.89 Å². The van der Waals surface area contributed by atoms with Gasteiger partial charge in [0.25, 0.3) is 5.91 Å². The van der Waals surface area contributed by atoms with Crippen molar-refractivity contribution in [1.82, 2.24) is 15.1 Å². The lowest BCUT2D eigenvalue weighted by atomic mass is 9.95. The van der Waals surface area contributed by atoms with Gasteiger partial charge in [-0.1, -0.05) is 25.1 Å². The molecule has 202 valence electrons. The first-order valence-electron chi connectivity index (χ1n) is 13.0. The van der Waals surface area contributed by atoms with E-state index >= 15 is 0 Å². The number of hydrogen-bond donors (Lipinski definition) is 1. The van der Waals surface area contributed by atoms with E-state index in [4.69, 9.17) is 18.9 Å². The number of rotatable bonds is 11. The summed E-state index contributed by atoms with van der Waals surface area (Å²) in [5, 5.41) is 7.61. The molecule has 0 saturated heterocycles. The summed E-state index contributed by atoms with van der Waals surface area (Å²) in [6, 6.07) is 21.2. The van der Waals surface area contributed by atoms with Gasteiger partial charge in [0.05, 0.1) is 39.7 Å². The van der Waals surface area contributed by atoms with Crippen molar-refractivity contribution in [3.63, 3.8) is 0 Å². The Kier molecular flexibility index (Phi) is 7.72. The van der Waals surface area contributed by atoms with Crippen LogP contribution >= 0.6 is 0 Å². The number of methoxy groups -OCH3 is 3. The number of H-pyrrole nitrogens is 1. The third kappa shape index (κ3) is 5.14. The van der Waals surface area contributed by atoms with Crippen LogP contribution in [0.5, 0.6) is 23.0 Å². The van der Waals surface area contributed by atoms with Gasteiger partial charge in [0.1, 0.15) is 17.2 Å². The van der Waals surface area contributed by atoms with Gasteiger partial charge in [0.15, 0.2) is 11.5 Å². The second-order valence-corrected chi connectivity index (χ2v) is 9.35. The summed E-state index contributed by atoms with van der Waals surface area (Å²) in [6.07, 6.45) is 1.58. The summed E-state index contributed by atoms with van der Waals surface area (Å²) < 4.78 is 22.2. The molecule has 1 aliphatic rings. The van der Waals surface area contributed by atoms with Crippen molar-refractivity contribution >= 4 is 5.91 Å². The molecule has 0 saturated carbocycles. The van der Waals surface area contributed by atoms with Crippen LogP contribution in [-0.4, -0.2) is 55.5 Å². The monoisotopic (exact) mass is 527 g/mol. The van der Waals surface area contributed by atoms with E-state index in [0.29, 0.717) is 36.8 Å². The van der Waals surface area contributed by atoms with E-state index in [1.807, 2.05) is 71.6 Å². The van der Waals surface area contributed by atoms with Gasteiger partial charge >= 0.3 is 0 Å². The minimum Gasteiger partial charge on any atom is -0.497 e. The fraction of sp³-hybridized carbons (Fsp3) is 0.290. The van der Waals surface area contributed by atoms with Crippen LogP contribution in [0.2, 0.25) is 0 Å². The molecule has 8 nitrogen and oxygen atoms in total. The molecular weight excluding hydrogens is 494 g/mol. The number of nitrogens with zero attached hydrogens (tertiary/aromatic N) is 2. The molecule has 0 spiro atoms. The molecule has 0 aliphatic carbocycles. The largest absolute Gasteiger partial charge is 0.497 e. The van der Waals surface area contributed by atoms with Crippen molar-refractivity contribution in [2.75, 3.05) is 34.5 Å². The smallest absolute Gasteiger partial charge is 0.273 e. The predicted octanol–water partition coefficient (Wildman–Crippen LogP) is 5.68. The molecule has 4 aromatic rings. The Hall–Kier alpha value is -4.46. The number of fused-ring (bicyclic) bond motifs is 1. The SMILES string of the molecule is CCCOc1ccc(C2c3c(-c4ccc(OC)cc4)n[nH]c3C(=O)N2CCc2ccc(OC)cc2)cc1OC. The van der Waals surface area contributed by atoms with Crippen LogP contribution in [0.4, 0.5) is 0 Å².